The first kappa shape index (κ1) is 25.5. The largest absolute Gasteiger partial charge is 0.480 e. The molecule has 1 heterocycles. The van der Waals surface area contributed by atoms with Crippen LogP contribution in [0.3, 0.4) is 0 Å². The highest BCUT2D eigenvalue weighted by Gasteiger charge is 2.48. The highest BCUT2D eigenvalue weighted by molar-refractivity contribution is 6.07. The molecule has 7 nitrogen and oxygen atoms in total. The Morgan fingerprint density at radius 1 is 0.706 bits per heavy atom. The third-order valence-electron chi connectivity index (χ3n) is 9.88. The zero-order valence-corrected chi connectivity index (χ0v) is 20.8. The molecule has 1 saturated heterocycles. The molecule has 192 valence electrons. The number of urea groups is 1. The Morgan fingerprint density at radius 3 is 1.50 bits per heavy atom. The molecular weight excluding hydrogens is 430 g/mol. The predicted octanol–water partition coefficient (Wildman–Crippen LogP) is 4.87. The molecule has 5 fully saturated rings. The Balaban J connectivity index is 0.000000162. The van der Waals surface area contributed by atoms with Crippen molar-refractivity contribution in [1.82, 2.24) is 10.6 Å². The summed E-state index contributed by atoms with van der Waals surface area (Å²) in [4.78, 5) is 34.2. The smallest absolute Gasteiger partial charge is 0.323 e. The first-order valence-corrected chi connectivity index (χ1v) is 14.0. The van der Waals surface area contributed by atoms with E-state index in [1.54, 1.807) is 0 Å². The molecular formula is C27H45N3O4. The van der Waals surface area contributed by atoms with Gasteiger partial charge in [0.2, 0.25) is 0 Å². The SMILES string of the molecule is NC1(C(=O)O)CCC(C2CCCCC2)CC1.O=C1NC(=O)C2(CCC(C3CCCCC3)CC2)N1. The molecule has 7 heteroatoms. The van der Waals surface area contributed by atoms with Crippen molar-refractivity contribution in [1.29, 1.82) is 0 Å². The van der Waals surface area contributed by atoms with Crippen molar-refractivity contribution in [3.05, 3.63) is 0 Å². The van der Waals surface area contributed by atoms with Crippen LogP contribution in [0.15, 0.2) is 0 Å². The van der Waals surface area contributed by atoms with Gasteiger partial charge in [-0.1, -0.05) is 64.2 Å². The number of carboxylic acids is 1. The molecule has 4 saturated carbocycles. The highest BCUT2D eigenvalue weighted by Crippen LogP contribution is 2.42. The lowest BCUT2D eigenvalue weighted by Gasteiger charge is -2.39. The fourth-order valence-electron chi connectivity index (χ4n) is 7.54. The number of carbonyl (C=O) groups excluding carboxylic acids is 2. The van der Waals surface area contributed by atoms with E-state index in [4.69, 9.17) is 10.8 Å². The van der Waals surface area contributed by atoms with Gasteiger partial charge in [0.05, 0.1) is 0 Å². The van der Waals surface area contributed by atoms with E-state index in [2.05, 4.69) is 10.6 Å². The molecule has 0 aromatic carbocycles. The summed E-state index contributed by atoms with van der Waals surface area (Å²) in [6.45, 7) is 0. The first-order valence-electron chi connectivity index (χ1n) is 14.0. The average molecular weight is 476 g/mol. The molecule has 5 rings (SSSR count). The van der Waals surface area contributed by atoms with E-state index in [1.807, 2.05) is 0 Å². The molecule has 3 amide bonds. The third-order valence-corrected chi connectivity index (χ3v) is 9.88. The van der Waals surface area contributed by atoms with Crippen molar-refractivity contribution in [2.75, 3.05) is 0 Å². The second-order valence-corrected chi connectivity index (χ2v) is 11.9. The average Bonchev–Trinajstić information content (AvgIpc) is 3.13. The minimum absolute atomic E-state index is 0.102. The quantitative estimate of drug-likeness (QED) is 0.434. The summed E-state index contributed by atoms with van der Waals surface area (Å²) in [5, 5.41) is 14.3. The van der Waals surface area contributed by atoms with E-state index in [-0.39, 0.29) is 11.9 Å². The molecule has 4 aliphatic carbocycles. The number of hydrogen-bond acceptors (Lipinski definition) is 4. The van der Waals surface area contributed by atoms with Gasteiger partial charge in [-0.15, -0.1) is 0 Å². The van der Waals surface area contributed by atoms with Crippen LogP contribution in [0, 0.1) is 23.7 Å². The fourth-order valence-corrected chi connectivity index (χ4v) is 7.54. The van der Waals surface area contributed by atoms with Crippen molar-refractivity contribution < 1.29 is 19.5 Å². The number of carboxylic acid groups (broad SMARTS) is 1. The van der Waals surface area contributed by atoms with Gasteiger partial charge in [0, 0.05) is 0 Å². The first-order chi connectivity index (χ1) is 16.3. The Hall–Kier alpha value is -1.63. The maximum absolute atomic E-state index is 11.9. The number of imide groups is 1. The number of carbonyl (C=O) groups is 3. The van der Waals surface area contributed by atoms with E-state index in [0.29, 0.717) is 12.8 Å². The number of amides is 3. The number of hydrogen-bond donors (Lipinski definition) is 4. The van der Waals surface area contributed by atoms with Crippen LogP contribution < -0.4 is 16.4 Å². The Morgan fingerprint density at radius 2 is 1.12 bits per heavy atom. The zero-order chi connectivity index (χ0) is 24.2. The summed E-state index contributed by atoms with van der Waals surface area (Å²) < 4.78 is 0. The molecule has 34 heavy (non-hydrogen) atoms. The number of nitrogens with two attached hydrogens (primary N) is 1. The molecule has 1 aliphatic heterocycles. The maximum Gasteiger partial charge on any atom is 0.323 e. The summed E-state index contributed by atoms with van der Waals surface area (Å²) in [6.07, 6.45) is 21.0. The summed E-state index contributed by atoms with van der Waals surface area (Å²) in [7, 11) is 0. The molecule has 5 N–H and O–H groups in total. The summed E-state index contributed by atoms with van der Waals surface area (Å²) in [5.41, 5.74) is 4.40. The fraction of sp³-hybridized carbons (Fsp3) is 0.889. The van der Waals surface area contributed by atoms with Crippen LogP contribution >= 0.6 is 0 Å². The topological polar surface area (TPSA) is 122 Å². The van der Waals surface area contributed by atoms with Gasteiger partial charge in [-0.25, -0.2) is 4.79 Å². The van der Waals surface area contributed by atoms with Gasteiger partial charge < -0.3 is 16.2 Å². The second-order valence-electron chi connectivity index (χ2n) is 11.9. The Labute approximate surface area is 204 Å². The monoisotopic (exact) mass is 475 g/mol. The molecule has 0 aromatic heterocycles. The van der Waals surface area contributed by atoms with Crippen LogP contribution in [0.1, 0.15) is 116 Å². The van der Waals surface area contributed by atoms with Crippen molar-refractivity contribution in [2.45, 2.75) is 127 Å². The highest BCUT2D eigenvalue weighted by atomic mass is 16.4. The van der Waals surface area contributed by atoms with E-state index in [9.17, 15) is 14.4 Å². The number of aliphatic carboxylic acids is 1. The van der Waals surface area contributed by atoms with Crippen molar-refractivity contribution in [3.63, 3.8) is 0 Å². The third kappa shape index (κ3) is 5.77. The van der Waals surface area contributed by atoms with Crippen LogP contribution in [-0.4, -0.2) is 34.1 Å². The van der Waals surface area contributed by atoms with Gasteiger partial charge in [-0.2, -0.15) is 0 Å². The van der Waals surface area contributed by atoms with E-state index >= 15 is 0 Å². The van der Waals surface area contributed by atoms with Crippen molar-refractivity contribution in [3.8, 4) is 0 Å². The van der Waals surface area contributed by atoms with E-state index in [1.165, 1.54) is 64.2 Å². The van der Waals surface area contributed by atoms with E-state index in [0.717, 1.165) is 62.2 Å². The molecule has 0 bridgehead atoms. The van der Waals surface area contributed by atoms with E-state index < -0.39 is 17.0 Å². The lowest BCUT2D eigenvalue weighted by atomic mass is 9.68. The van der Waals surface area contributed by atoms with Gasteiger partial charge in [0.15, 0.2) is 0 Å². The van der Waals surface area contributed by atoms with Crippen LogP contribution in [-0.2, 0) is 9.59 Å². The van der Waals surface area contributed by atoms with Gasteiger partial charge in [-0.05, 0) is 75.0 Å². The van der Waals surface area contributed by atoms with Gasteiger partial charge >= 0.3 is 12.0 Å². The van der Waals surface area contributed by atoms with Gasteiger partial charge in [0.1, 0.15) is 11.1 Å². The van der Waals surface area contributed by atoms with Gasteiger partial charge in [0.25, 0.3) is 5.91 Å². The predicted molar refractivity (Wildman–Crippen MR) is 131 cm³/mol. The summed E-state index contributed by atoms with van der Waals surface area (Å²) >= 11 is 0. The van der Waals surface area contributed by atoms with Gasteiger partial charge in [-0.3, -0.25) is 14.9 Å². The van der Waals surface area contributed by atoms with Crippen LogP contribution in [0.2, 0.25) is 0 Å². The Bertz CT molecular complexity index is 726. The van der Waals surface area contributed by atoms with Crippen molar-refractivity contribution in [2.24, 2.45) is 29.4 Å². The second kappa shape index (κ2) is 11.0. The minimum Gasteiger partial charge on any atom is -0.480 e. The minimum atomic E-state index is -0.925. The zero-order valence-electron chi connectivity index (χ0n) is 20.8. The molecule has 0 aromatic rings. The normalized spacial score (nSPS) is 37.4. The van der Waals surface area contributed by atoms with Crippen molar-refractivity contribution >= 4 is 17.9 Å². The van der Waals surface area contributed by atoms with Crippen LogP contribution in [0.25, 0.3) is 0 Å². The standard InChI is InChI=1S/C14H22N2O2.C13H23NO2/c17-12-14(16-13(18)15-12)8-6-11(7-9-14)10-4-2-1-3-5-10;14-13(12(15)16)8-6-11(7-9-13)10-4-2-1-3-5-10/h10-11H,1-9H2,(H2,15,16,17,18);10-11H,1-9,14H2,(H,15,16). The lowest BCUT2D eigenvalue weighted by Crippen LogP contribution is -2.51. The van der Waals surface area contributed by atoms with Crippen LogP contribution in [0.4, 0.5) is 4.79 Å². The molecule has 5 aliphatic rings. The number of nitrogens with one attached hydrogen (secondary N) is 2. The number of rotatable bonds is 3. The summed E-state index contributed by atoms with van der Waals surface area (Å²) in [5.74, 6) is 2.34. The summed E-state index contributed by atoms with van der Waals surface area (Å²) in [6, 6.07) is -0.309. The van der Waals surface area contributed by atoms with Crippen LogP contribution in [0.5, 0.6) is 0 Å². The molecule has 0 radical (unpaired) electrons. The molecule has 1 spiro atoms. The maximum atomic E-state index is 11.9. The molecule has 0 atom stereocenters. The molecule has 0 unspecified atom stereocenters. The lowest BCUT2D eigenvalue weighted by molar-refractivity contribution is -0.145. The Kier molecular flexibility index (Phi) is 8.21.